The highest BCUT2D eigenvalue weighted by Gasteiger charge is 2.19. The van der Waals surface area contributed by atoms with E-state index >= 15 is 0 Å². The molecule has 2 aromatic rings. The second-order valence-corrected chi connectivity index (χ2v) is 5.29. The van der Waals surface area contributed by atoms with Gasteiger partial charge in [0.05, 0.1) is 0 Å². The van der Waals surface area contributed by atoms with Crippen LogP contribution in [0.5, 0.6) is 0 Å². The summed E-state index contributed by atoms with van der Waals surface area (Å²) in [5, 5.41) is 0.250. The first-order valence-electron chi connectivity index (χ1n) is 6.03. The molecule has 3 nitrogen and oxygen atoms in total. The number of thioether (sulfide) groups is 1. The molecule has 2 unspecified atom stereocenters. The first-order valence-corrected chi connectivity index (χ1v) is 6.91. The van der Waals surface area contributed by atoms with E-state index in [9.17, 15) is 0 Å². The van der Waals surface area contributed by atoms with Crippen LogP contribution in [0.2, 0.25) is 0 Å². The van der Waals surface area contributed by atoms with Crippen LogP contribution in [0.4, 0.5) is 0 Å². The summed E-state index contributed by atoms with van der Waals surface area (Å²) in [6.45, 7) is 2.12. The van der Waals surface area contributed by atoms with E-state index in [2.05, 4.69) is 16.9 Å². The van der Waals surface area contributed by atoms with Crippen molar-refractivity contribution < 1.29 is 0 Å². The topological polar surface area (TPSA) is 51.8 Å². The zero-order valence-corrected chi connectivity index (χ0v) is 11.2. The molecule has 2 atom stereocenters. The Balaban J connectivity index is 2.21. The second kappa shape index (κ2) is 6.52. The van der Waals surface area contributed by atoms with Gasteiger partial charge in [-0.25, -0.2) is 0 Å². The minimum absolute atomic E-state index is 0.130. The number of hydrogen-bond acceptors (Lipinski definition) is 4. The van der Waals surface area contributed by atoms with E-state index < -0.39 is 0 Å². The molecular weight excluding hydrogens is 242 g/mol. The van der Waals surface area contributed by atoms with Crippen molar-refractivity contribution in [1.82, 2.24) is 9.97 Å². The summed E-state index contributed by atoms with van der Waals surface area (Å²) in [5.41, 5.74) is 7.46. The van der Waals surface area contributed by atoms with E-state index in [0.717, 1.165) is 6.42 Å². The van der Waals surface area contributed by atoms with Gasteiger partial charge in [-0.3, -0.25) is 9.97 Å². The smallest absolute Gasteiger partial charge is 0.0496 e. The van der Waals surface area contributed by atoms with Crippen molar-refractivity contribution in [1.29, 1.82) is 0 Å². The average Bonchev–Trinajstić information content (AvgIpc) is 2.46. The Morgan fingerprint density at radius 3 is 2.17 bits per heavy atom. The van der Waals surface area contributed by atoms with E-state index in [1.807, 2.05) is 49.1 Å². The van der Waals surface area contributed by atoms with Crippen molar-refractivity contribution in [2.45, 2.75) is 29.5 Å². The molecule has 18 heavy (non-hydrogen) atoms. The van der Waals surface area contributed by atoms with E-state index in [1.165, 1.54) is 10.5 Å². The predicted molar refractivity (Wildman–Crippen MR) is 75.3 cm³/mol. The molecule has 0 radical (unpaired) electrons. The van der Waals surface area contributed by atoms with E-state index in [1.54, 1.807) is 11.8 Å². The van der Waals surface area contributed by atoms with Crippen LogP contribution in [-0.4, -0.2) is 16.0 Å². The van der Waals surface area contributed by atoms with Gasteiger partial charge in [-0.15, -0.1) is 11.8 Å². The van der Waals surface area contributed by atoms with E-state index in [-0.39, 0.29) is 11.3 Å². The van der Waals surface area contributed by atoms with Gasteiger partial charge in [0.1, 0.15) is 0 Å². The third-order valence-electron chi connectivity index (χ3n) is 2.81. The van der Waals surface area contributed by atoms with Crippen molar-refractivity contribution in [2.75, 3.05) is 0 Å². The van der Waals surface area contributed by atoms with Gasteiger partial charge in [0.2, 0.25) is 0 Å². The van der Waals surface area contributed by atoms with Crippen molar-refractivity contribution in [3.05, 3.63) is 54.6 Å². The Labute approximate surface area is 112 Å². The molecule has 0 aliphatic heterocycles. The lowest BCUT2D eigenvalue weighted by Crippen LogP contribution is -2.25. The first kappa shape index (κ1) is 13.1. The minimum Gasteiger partial charge on any atom is -0.326 e. The molecule has 0 spiro atoms. The van der Waals surface area contributed by atoms with Crippen LogP contribution in [0.25, 0.3) is 0 Å². The van der Waals surface area contributed by atoms with Crippen LogP contribution < -0.4 is 5.73 Å². The summed E-state index contributed by atoms with van der Waals surface area (Å²) in [7, 11) is 0. The van der Waals surface area contributed by atoms with Gasteiger partial charge < -0.3 is 5.73 Å². The third-order valence-corrected chi connectivity index (χ3v) is 4.23. The summed E-state index contributed by atoms with van der Waals surface area (Å²) < 4.78 is 0. The number of pyridine rings is 2. The van der Waals surface area contributed by atoms with Gasteiger partial charge in [0.25, 0.3) is 0 Å². The van der Waals surface area contributed by atoms with Crippen molar-refractivity contribution in [2.24, 2.45) is 5.73 Å². The van der Waals surface area contributed by atoms with Crippen LogP contribution in [0.1, 0.15) is 24.2 Å². The molecular formula is C14H17N3S. The molecule has 94 valence electrons. The molecule has 0 amide bonds. The average molecular weight is 259 g/mol. The molecule has 0 bridgehead atoms. The maximum absolute atomic E-state index is 6.24. The fourth-order valence-electron chi connectivity index (χ4n) is 1.73. The monoisotopic (exact) mass is 259 g/mol. The molecule has 0 aliphatic carbocycles. The lowest BCUT2D eigenvalue weighted by molar-refractivity contribution is 0.633. The Kier molecular flexibility index (Phi) is 4.73. The highest BCUT2D eigenvalue weighted by Crippen LogP contribution is 2.37. The Morgan fingerprint density at radius 1 is 1.06 bits per heavy atom. The summed E-state index contributed by atoms with van der Waals surface area (Å²) in [4.78, 5) is 9.29. The fourth-order valence-corrected chi connectivity index (χ4v) is 2.97. The van der Waals surface area contributed by atoms with Gasteiger partial charge in [0.15, 0.2) is 0 Å². The normalized spacial score (nSPS) is 14.1. The molecule has 2 heterocycles. The maximum Gasteiger partial charge on any atom is 0.0496 e. The zero-order chi connectivity index (χ0) is 12.8. The highest BCUT2D eigenvalue weighted by atomic mass is 32.2. The molecule has 0 aromatic carbocycles. The SMILES string of the molecule is CCC(N)C(Sc1ccncc1)c1ccncc1. The molecule has 2 rings (SSSR count). The molecule has 2 aromatic heterocycles. The summed E-state index contributed by atoms with van der Waals surface area (Å²) in [6.07, 6.45) is 8.20. The van der Waals surface area contributed by atoms with Crippen LogP contribution in [0.15, 0.2) is 53.9 Å². The second-order valence-electron chi connectivity index (χ2n) is 4.07. The van der Waals surface area contributed by atoms with Crippen LogP contribution in [-0.2, 0) is 0 Å². The van der Waals surface area contributed by atoms with Gasteiger partial charge in [-0.05, 0) is 36.2 Å². The quantitative estimate of drug-likeness (QED) is 0.838. The van der Waals surface area contributed by atoms with Crippen LogP contribution in [0, 0.1) is 0 Å². The number of nitrogens with zero attached hydrogens (tertiary/aromatic N) is 2. The summed E-state index contributed by atoms with van der Waals surface area (Å²) in [5.74, 6) is 0. The lowest BCUT2D eigenvalue weighted by atomic mass is 10.1. The molecule has 0 aliphatic rings. The van der Waals surface area contributed by atoms with E-state index in [0.29, 0.717) is 0 Å². The van der Waals surface area contributed by atoms with Gasteiger partial charge in [-0.2, -0.15) is 0 Å². The molecule has 4 heteroatoms. The van der Waals surface area contributed by atoms with Gasteiger partial charge in [-0.1, -0.05) is 6.92 Å². The highest BCUT2D eigenvalue weighted by molar-refractivity contribution is 7.99. The number of nitrogens with two attached hydrogens (primary N) is 1. The van der Waals surface area contributed by atoms with Crippen LogP contribution in [0.3, 0.4) is 0 Å². The Morgan fingerprint density at radius 2 is 1.61 bits per heavy atom. The summed E-state index contributed by atoms with van der Waals surface area (Å²) >= 11 is 1.78. The van der Waals surface area contributed by atoms with Gasteiger partial charge in [0, 0.05) is 41.0 Å². The number of rotatable bonds is 5. The third kappa shape index (κ3) is 3.31. The molecule has 0 saturated carbocycles. The maximum atomic E-state index is 6.24. The summed E-state index contributed by atoms with van der Waals surface area (Å²) in [6, 6.07) is 8.23. The van der Waals surface area contributed by atoms with Crippen molar-refractivity contribution >= 4 is 11.8 Å². The standard InChI is InChI=1S/C14H17N3S/c1-2-13(15)14(11-3-7-16-8-4-11)18-12-5-9-17-10-6-12/h3-10,13-14H,2,15H2,1H3. The predicted octanol–water partition coefficient (Wildman–Crippen LogP) is 3.05. The molecule has 2 N–H and O–H groups in total. The Bertz CT molecular complexity index is 461. The molecule has 0 fully saturated rings. The molecule has 0 saturated heterocycles. The zero-order valence-electron chi connectivity index (χ0n) is 10.4. The van der Waals surface area contributed by atoms with E-state index in [4.69, 9.17) is 5.73 Å². The first-order chi connectivity index (χ1) is 8.81. The van der Waals surface area contributed by atoms with Crippen LogP contribution >= 0.6 is 11.8 Å². The largest absolute Gasteiger partial charge is 0.326 e. The minimum atomic E-state index is 0.130. The number of aromatic nitrogens is 2. The van der Waals surface area contributed by atoms with Crippen molar-refractivity contribution in [3.63, 3.8) is 0 Å². The van der Waals surface area contributed by atoms with Crippen molar-refractivity contribution in [3.8, 4) is 0 Å². The fraction of sp³-hybridized carbons (Fsp3) is 0.286. The number of hydrogen-bond donors (Lipinski definition) is 1. The Hall–Kier alpha value is -1.39. The lowest BCUT2D eigenvalue weighted by Gasteiger charge is -2.22. The van der Waals surface area contributed by atoms with Gasteiger partial charge >= 0.3 is 0 Å².